The van der Waals surface area contributed by atoms with Gasteiger partial charge in [0.25, 0.3) is 0 Å². The molecule has 0 unspecified atom stereocenters. The van der Waals surface area contributed by atoms with Crippen LogP contribution in [0.3, 0.4) is 0 Å². The van der Waals surface area contributed by atoms with Crippen molar-refractivity contribution in [3.8, 4) is 0 Å². The number of unbranched alkanes of at least 4 members (excludes halogenated alkanes) is 4. The predicted molar refractivity (Wildman–Crippen MR) is 78.9 cm³/mol. The number of hydrogen-bond donors (Lipinski definition) is 1. The first kappa shape index (κ1) is 14.3. The Morgan fingerprint density at radius 3 is 2.50 bits per heavy atom. The summed E-state index contributed by atoms with van der Waals surface area (Å²) in [5, 5.41) is 3.27. The second-order valence-corrected chi connectivity index (χ2v) is 6.79. The highest BCUT2D eigenvalue weighted by Crippen LogP contribution is 2.52. The van der Waals surface area contributed by atoms with Crippen LogP contribution in [0.2, 0.25) is 0 Å². The molecule has 1 heterocycles. The largest absolute Gasteiger partial charge is 0.320 e. The highest BCUT2D eigenvalue weighted by Gasteiger charge is 2.51. The molecule has 2 nitrogen and oxygen atoms in total. The lowest BCUT2D eigenvalue weighted by molar-refractivity contribution is -0.0957. The van der Waals surface area contributed by atoms with Crippen LogP contribution < -0.4 is 5.32 Å². The number of rotatable bonds is 9. The molecule has 1 aliphatic carbocycles. The van der Waals surface area contributed by atoms with Gasteiger partial charge in [0.1, 0.15) is 0 Å². The molecule has 1 saturated heterocycles. The van der Waals surface area contributed by atoms with Gasteiger partial charge in [-0.1, -0.05) is 32.6 Å². The van der Waals surface area contributed by atoms with Gasteiger partial charge in [-0.3, -0.25) is 0 Å². The summed E-state index contributed by atoms with van der Waals surface area (Å²) in [4.78, 5) is 2.69. The average Bonchev–Trinajstić information content (AvgIpc) is 2.27. The van der Waals surface area contributed by atoms with Crippen LogP contribution in [0.5, 0.6) is 0 Å². The van der Waals surface area contributed by atoms with E-state index in [9.17, 15) is 0 Å². The molecule has 2 fully saturated rings. The third kappa shape index (κ3) is 3.71. The summed E-state index contributed by atoms with van der Waals surface area (Å²) in [6, 6.07) is 0. The fourth-order valence-electron chi connectivity index (χ4n) is 3.98. The lowest BCUT2D eigenvalue weighted by Gasteiger charge is -2.59. The first-order chi connectivity index (χ1) is 8.78. The van der Waals surface area contributed by atoms with Crippen molar-refractivity contribution in [3.63, 3.8) is 0 Å². The van der Waals surface area contributed by atoms with Crippen LogP contribution in [0.4, 0.5) is 0 Å². The first-order valence-corrected chi connectivity index (χ1v) is 8.15. The Balaban J connectivity index is 1.45. The van der Waals surface area contributed by atoms with Gasteiger partial charge in [-0.05, 0) is 57.2 Å². The van der Waals surface area contributed by atoms with E-state index >= 15 is 0 Å². The molecule has 0 amide bonds. The molecule has 18 heavy (non-hydrogen) atoms. The van der Waals surface area contributed by atoms with E-state index in [1.165, 1.54) is 77.5 Å². The van der Waals surface area contributed by atoms with Gasteiger partial charge in [0.2, 0.25) is 0 Å². The van der Waals surface area contributed by atoms with E-state index in [2.05, 4.69) is 24.2 Å². The number of nitrogens with one attached hydrogen (secondary N) is 1. The Hall–Kier alpha value is -0.0800. The Kier molecular flexibility index (Phi) is 5.50. The van der Waals surface area contributed by atoms with Crippen molar-refractivity contribution in [3.05, 3.63) is 0 Å². The fourth-order valence-corrected chi connectivity index (χ4v) is 3.98. The van der Waals surface area contributed by atoms with Crippen LogP contribution >= 0.6 is 0 Å². The quantitative estimate of drug-likeness (QED) is 0.634. The van der Waals surface area contributed by atoms with Crippen molar-refractivity contribution in [2.75, 3.05) is 33.2 Å². The summed E-state index contributed by atoms with van der Waals surface area (Å²) in [5.74, 6) is 1.03. The standard InChI is InChI=1S/C16H32N2/c1-3-4-5-6-7-10-18-13-16(14-18)11-15(12-16)8-9-17-2/h15,17H,3-14H2,1-2H3. The van der Waals surface area contributed by atoms with E-state index in [0.717, 1.165) is 11.3 Å². The lowest BCUT2D eigenvalue weighted by Crippen LogP contribution is -2.62. The fraction of sp³-hybridized carbons (Fsp3) is 1.00. The Bertz CT molecular complexity index is 225. The second-order valence-electron chi connectivity index (χ2n) is 6.79. The summed E-state index contributed by atoms with van der Waals surface area (Å²) in [7, 11) is 2.07. The monoisotopic (exact) mass is 252 g/mol. The van der Waals surface area contributed by atoms with Gasteiger partial charge in [0.05, 0.1) is 0 Å². The van der Waals surface area contributed by atoms with Crippen LogP contribution in [0, 0.1) is 11.3 Å². The molecule has 0 aromatic carbocycles. The van der Waals surface area contributed by atoms with Crippen LogP contribution in [0.15, 0.2) is 0 Å². The maximum atomic E-state index is 3.27. The zero-order chi connectivity index (χ0) is 12.8. The Labute approximate surface area is 114 Å². The summed E-state index contributed by atoms with van der Waals surface area (Å²) in [6.45, 7) is 7.70. The van der Waals surface area contributed by atoms with E-state index in [-0.39, 0.29) is 0 Å². The summed E-state index contributed by atoms with van der Waals surface area (Å²) >= 11 is 0. The van der Waals surface area contributed by atoms with Crippen LogP contribution in [0.1, 0.15) is 58.3 Å². The van der Waals surface area contributed by atoms with Gasteiger partial charge in [-0.2, -0.15) is 0 Å². The number of hydrogen-bond acceptors (Lipinski definition) is 2. The van der Waals surface area contributed by atoms with Crippen molar-refractivity contribution in [1.29, 1.82) is 0 Å². The van der Waals surface area contributed by atoms with Gasteiger partial charge >= 0.3 is 0 Å². The minimum absolute atomic E-state index is 0.780. The third-order valence-corrected chi connectivity index (χ3v) is 4.94. The second kappa shape index (κ2) is 6.91. The molecular weight excluding hydrogens is 220 g/mol. The first-order valence-electron chi connectivity index (χ1n) is 8.15. The molecule has 0 radical (unpaired) electrons. The predicted octanol–water partition coefficient (Wildman–Crippen LogP) is 3.28. The molecule has 1 N–H and O–H groups in total. The van der Waals surface area contributed by atoms with E-state index in [4.69, 9.17) is 0 Å². The van der Waals surface area contributed by atoms with E-state index in [1.807, 2.05) is 0 Å². The number of likely N-dealkylation sites (tertiary alicyclic amines) is 1. The SMILES string of the molecule is CCCCCCCN1CC2(CC(CCNC)C2)C1. The third-order valence-electron chi connectivity index (χ3n) is 4.94. The van der Waals surface area contributed by atoms with Crippen molar-refractivity contribution in [2.24, 2.45) is 11.3 Å². The molecule has 106 valence electrons. The molecule has 0 aromatic rings. The van der Waals surface area contributed by atoms with Gasteiger partial charge in [0, 0.05) is 13.1 Å². The highest BCUT2D eigenvalue weighted by atomic mass is 15.2. The van der Waals surface area contributed by atoms with Crippen molar-refractivity contribution in [1.82, 2.24) is 10.2 Å². The summed E-state index contributed by atoms with van der Waals surface area (Å²) in [6.07, 6.45) is 11.5. The topological polar surface area (TPSA) is 15.3 Å². The Morgan fingerprint density at radius 2 is 1.83 bits per heavy atom. The normalized spacial score (nSPS) is 23.0. The lowest BCUT2D eigenvalue weighted by atomic mass is 9.57. The zero-order valence-corrected chi connectivity index (χ0v) is 12.5. The Morgan fingerprint density at radius 1 is 1.11 bits per heavy atom. The molecular formula is C16H32N2. The van der Waals surface area contributed by atoms with Gasteiger partial charge in [-0.25, -0.2) is 0 Å². The average molecular weight is 252 g/mol. The minimum Gasteiger partial charge on any atom is -0.320 e. The van der Waals surface area contributed by atoms with Crippen molar-refractivity contribution >= 4 is 0 Å². The van der Waals surface area contributed by atoms with Crippen molar-refractivity contribution in [2.45, 2.75) is 58.3 Å². The minimum atomic E-state index is 0.780. The van der Waals surface area contributed by atoms with E-state index in [0.29, 0.717) is 0 Å². The van der Waals surface area contributed by atoms with E-state index in [1.54, 1.807) is 0 Å². The van der Waals surface area contributed by atoms with Gasteiger partial charge in [0.15, 0.2) is 0 Å². The molecule has 0 bridgehead atoms. The van der Waals surface area contributed by atoms with Gasteiger partial charge in [-0.15, -0.1) is 0 Å². The molecule has 0 atom stereocenters. The molecule has 2 aliphatic rings. The van der Waals surface area contributed by atoms with Crippen molar-refractivity contribution < 1.29 is 0 Å². The smallest absolute Gasteiger partial charge is 0.00507 e. The number of nitrogens with zero attached hydrogens (tertiary/aromatic N) is 1. The van der Waals surface area contributed by atoms with Gasteiger partial charge < -0.3 is 10.2 Å². The molecule has 1 spiro atoms. The molecule has 2 rings (SSSR count). The zero-order valence-electron chi connectivity index (χ0n) is 12.5. The van der Waals surface area contributed by atoms with Crippen LogP contribution in [-0.4, -0.2) is 38.1 Å². The summed E-state index contributed by atoms with van der Waals surface area (Å²) in [5.41, 5.74) is 0.780. The molecule has 0 aromatic heterocycles. The molecule has 2 heteroatoms. The molecule has 1 aliphatic heterocycles. The maximum absolute atomic E-state index is 3.27. The molecule has 1 saturated carbocycles. The maximum Gasteiger partial charge on any atom is 0.00507 e. The highest BCUT2D eigenvalue weighted by molar-refractivity contribution is 5.03. The van der Waals surface area contributed by atoms with E-state index < -0.39 is 0 Å². The van der Waals surface area contributed by atoms with Crippen LogP contribution in [-0.2, 0) is 0 Å². The summed E-state index contributed by atoms with van der Waals surface area (Å²) < 4.78 is 0. The van der Waals surface area contributed by atoms with Crippen LogP contribution in [0.25, 0.3) is 0 Å².